The molecule has 0 saturated carbocycles. The van der Waals surface area contributed by atoms with E-state index < -0.39 is 10.1 Å². The van der Waals surface area contributed by atoms with Gasteiger partial charge in [0.25, 0.3) is 0 Å². The van der Waals surface area contributed by atoms with Crippen LogP contribution in [0, 0.1) is 0 Å². The summed E-state index contributed by atoms with van der Waals surface area (Å²) in [6, 6.07) is 10.6. The summed E-state index contributed by atoms with van der Waals surface area (Å²) in [5.74, 6) is 0.961. The van der Waals surface area contributed by atoms with Gasteiger partial charge in [-0.3, -0.25) is 4.79 Å². The molecule has 0 aliphatic heterocycles. The average Bonchev–Trinajstić information content (AvgIpc) is 3.35. The zero-order chi connectivity index (χ0) is 25.4. The second-order valence-electron chi connectivity index (χ2n) is 9.19. The van der Waals surface area contributed by atoms with Gasteiger partial charge in [0.15, 0.2) is 0 Å². The van der Waals surface area contributed by atoms with Gasteiger partial charge < -0.3 is 13.5 Å². The predicted molar refractivity (Wildman–Crippen MR) is 141 cm³/mol. The van der Waals surface area contributed by atoms with E-state index in [1.54, 1.807) is 29.4 Å². The number of nitrogens with zero attached hydrogens (tertiary/aromatic N) is 1. The van der Waals surface area contributed by atoms with Crippen molar-refractivity contribution >= 4 is 16.0 Å². The molecule has 196 valence electrons. The van der Waals surface area contributed by atoms with Crippen LogP contribution in [0.3, 0.4) is 0 Å². The summed E-state index contributed by atoms with van der Waals surface area (Å²) >= 11 is 0. The van der Waals surface area contributed by atoms with Crippen molar-refractivity contribution in [3.63, 3.8) is 0 Å². The highest BCUT2D eigenvalue weighted by atomic mass is 32.2. The zero-order valence-electron chi connectivity index (χ0n) is 21.5. The van der Waals surface area contributed by atoms with E-state index in [4.69, 9.17) is 8.60 Å². The molecule has 0 N–H and O–H groups in total. The van der Waals surface area contributed by atoms with Gasteiger partial charge in [-0.15, -0.1) is 0 Å². The SMILES string of the molecule is CCCCCCCCCCCCCC(=O)N(Cc1cccc(OS(=O)(=O)CC)c1)Cc1ccco1. The van der Waals surface area contributed by atoms with Gasteiger partial charge in [0.05, 0.1) is 18.6 Å². The molecule has 0 radical (unpaired) electrons. The summed E-state index contributed by atoms with van der Waals surface area (Å²) in [5, 5.41) is 0. The maximum atomic E-state index is 13.1. The Labute approximate surface area is 212 Å². The van der Waals surface area contributed by atoms with Crippen molar-refractivity contribution in [2.75, 3.05) is 5.75 Å². The first-order chi connectivity index (χ1) is 16.9. The highest BCUT2D eigenvalue weighted by Gasteiger charge is 2.17. The summed E-state index contributed by atoms with van der Waals surface area (Å²) < 4.78 is 34.2. The molecule has 0 fully saturated rings. The van der Waals surface area contributed by atoms with E-state index in [0.29, 0.717) is 19.5 Å². The average molecular weight is 506 g/mol. The van der Waals surface area contributed by atoms with Crippen LogP contribution >= 0.6 is 0 Å². The van der Waals surface area contributed by atoms with Crippen LogP contribution in [0.15, 0.2) is 47.1 Å². The van der Waals surface area contributed by atoms with Gasteiger partial charge in [-0.05, 0) is 43.2 Å². The first-order valence-corrected chi connectivity index (χ1v) is 14.8. The third kappa shape index (κ3) is 12.3. The van der Waals surface area contributed by atoms with Crippen molar-refractivity contribution < 1.29 is 21.8 Å². The van der Waals surface area contributed by atoms with E-state index in [0.717, 1.165) is 24.2 Å². The molecule has 6 nitrogen and oxygen atoms in total. The molecule has 0 bridgehead atoms. The summed E-state index contributed by atoms with van der Waals surface area (Å²) in [5.41, 5.74) is 0.813. The minimum absolute atomic E-state index is 0.0739. The summed E-state index contributed by atoms with van der Waals surface area (Å²) in [4.78, 5) is 14.8. The molecule has 0 atom stereocenters. The second-order valence-corrected chi connectivity index (χ2v) is 11.1. The number of benzene rings is 1. The van der Waals surface area contributed by atoms with Crippen LogP contribution in [0.5, 0.6) is 5.75 Å². The lowest BCUT2D eigenvalue weighted by Gasteiger charge is -2.22. The summed E-state index contributed by atoms with van der Waals surface area (Å²) in [6.07, 6.45) is 15.8. The quantitative estimate of drug-likeness (QED) is 0.149. The summed E-state index contributed by atoms with van der Waals surface area (Å²) in [7, 11) is -3.60. The molecule has 0 unspecified atom stereocenters. The van der Waals surface area contributed by atoms with Gasteiger partial charge in [-0.2, -0.15) is 8.42 Å². The van der Waals surface area contributed by atoms with E-state index in [-0.39, 0.29) is 17.4 Å². The largest absolute Gasteiger partial charge is 0.467 e. The highest BCUT2D eigenvalue weighted by Crippen LogP contribution is 2.20. The lowest BCUT2D eigenvalue weighted by Crippen LogP contribution is -2.29. The molecule has 1 aromatic carbocycles. The van der Waals surface area contributed by atoms with Crippen molar-refractivity contribution in [2.45, 2.75) is 104 Å². The fourth-order valence-electron chi connectivity index (χ4n) is 4.04. The lowest BCUT2D eigenvalue weighted by molar-refractivity contribution is -0.132. The molecule has 35 heavy (non-hydrogen) atoms. The molecule has 2 aromatic rings. The third-order valence-corrected chi connectivity index (χ3v) is 7.28. The number of carbonyl (C=O) groups excluding carboxylic acids is 1. The Bertz CT molecular complexity index is 940. The number of carbonyl (C=O) groups is 1. The molecule has 1 heterocycles. The van der Waals surface area contributed by atoms with Gasteiger partial charge in [0, 0.05) is 13.0 Å². The number of hydrogen-bond acceptors (Lipinski definition) is 5. The van der Waals surface area contributed by atoms with Crippen LogP contribution < -0.4 is 4.18 Å². The van der Waals surface area contributed by atoms with Crippen molar-refractivity contribution in [3.05, 3.63) is 54.0 Å². The highest BCUT2D eigenvalue weighted by molar-refractivity contribution is 7.87. The van der Waals surface area contributed by atoms with Crippen LogP contribution in [0.1, 0.15) is 102 Å². The van der Waals surface area contributed by atoms with Gasteiger partial charge in [-0.25, -0.2) is 0 Å². The fourth-order valence-corrected chi connectivity index (χ4v) is 4.56. The van der Waals surface area contributed by atoms with E-state index in [1.807, 2.05) is 18.2 Å². The van der Waals surface area contributed by atoms with E-state index in [9.17, 15) is 13.2 Å². The topological polar surface area (TPSA) is 76.8 Å². The van der Waals surface area contributed by atoms with Gasteiger partial charge in [-0.1, -0.05) is 83.3 Å². The maximum Gasteiger partial charge on any atom is 0.308 e. The third-order valence-electron chi connectivity index (χ3n) is 6.12. The van der Waals surface area contributed by atoms with E-state index in [2.05, 4.69) is 6.92 Å². The number of rotatable bonds is 19. The van der Waals surface area contributed by atoms with Crippen LogP contribution in [-0.4, -0.2) is 25.0 Å². The molecule has 0 aliphatic carbocycles. The Balaban J connectivity index is 1.81. The first kappa shape index (κ1) is 29.0. The Hall–Kier alpha value is -2.28. The zero-order valence-corrected chi connectivity index (χ0v) is 22.4. The Kier molecular flexibility index (Phi) is 13.6. The van der Waals surface area contributed by atoms with E-state index in [1.165, 1.54) is 64.7 Å². The van der Waals surface area contributed by atoms with Crippen LogP contribution in [-0.2, 0) is 28.0 Å². The number of amides is 1. The molecule has 0 aliphatic rings. The van der Waals surface area contributed by atoms with Crippen LogP contribution in [0.4, 0.5) is 0 Å². The lowest BCUT2D eigenvalue weighted by atomic mass is 10.0. The van der Waals surface area contributed by atoms with Crippen LogP contribution in [0.25, 0.3) is 0 Å². The minimum atomic E-state index is -3.60. The molecule has 7 heteroatoms. The van der Waals surface area contributed by atoms with Crippen molar-refractivity contribution in [1.29, 1.82) is 0 Å². The molecule has 1 aromatic heterocycles. The molecule has 0 spiro atoms. The number of unbranched alkanes of at least 4 members (excludes halogenated alkanes) is 10. The monoisotopic (exact) mass is 505 g/mol. The number of hydrogen-bond donors (Lipinski definition) is 0. The molecular formula is C28H43NO5S. The Morgan fingerprint density at radius 2 is 1.51 bits per heavy atom. The van der Waals surface area contributed by atoms with Crippen molar-refractivity contribution in [2.24, 2.45) is 0 Å². The standard InChI is InChI=1S/C28H43NO5S/c1-3-5-6-7-8-9-10-11-12-13-14-20-28(30)29(24-27-19-16-21-33-27)23-25-17-15-18-26(22-25)34-35(31,32)4-2/h15-19,21-22H,3-14,20,23-24H2,1-2H3. The Morgan fingerprint density at radius 1 is 0.857 bits per heavy atom. The molecule has 0 saturated heterocycles. The summed E-state index contributed by atoms with van der Waals surface area (Å²) in [6.45, 7) is 4.53. The maximum absolute atomic E-state index is 13.1. The minimum Gasteiger partial charge on any atom is -0.467 e. The Morgan fingerprint density at radius 3 is 2.11 bits per heavy atom. The normalized spacial score (nSPS) is 11.5. The van der Waals surface area contributed by atoms with Crippen molar-refractivity contribution in [1.82, 2.24) is 4.90 Å². The van der Waals surface area contributed by atoms with Gasteiger partial charge >= 0.3 is 10.1 Å². The van der Waals surface area contributed by atoms with Gasteiger partial charge in [0.2, 0.25) is 5.91 Å². The smallest absolute Gasteiger partial charge is 0.308 e. The second kappa shape index (κ2) is 16.4. The molecule has 1 amide bonds. The van der Waals surface area contributed by atoms with Gasteiger partial charge in [0.1, 0.15) is 11.5 Å². The predicted octanol–water partition coefficient (Wildman–Crippen LogP) is 7.24. The molecule has 2 rings (SSSR count). The first-order valence-electron chi connectivity index (χ1n) is 13.2. The molecular weight excluding hydrogens is 462 g/mol. The van der Waals surface area contributed by atoms with Crippen LogP contribution in [0.2, 0.25) is 0 Å². The fraction of sp³-hybridized carbons (Fsp3) is 0.607. The van der Waals surface area contributed by atoms with E-state index >= 15 is 0 Å². The number of furan rings is 1. The van der Waals surface area contributed by atoms with Crippen molar-refractivity contribution in [3.8, 4) is 5.75 Å².